The lowest BCUT2D eigenvalue weighted by molar-refractivity contribution is -0.122. The van der Waals surface area contributed by atoms with Gasteiger partial charge in [0.2, 0.25) is 6.29 Å². The Bertz CT molecular complexity index is 1290. The average molecular weight is 504 g/mol. The van der Waals surface area contributed by atoms with Gasteiger partial charge in [-0.15, -0.1) is 0 Å². The molecule has 4 rings (SSSR count). The van der Waals surface area contributed by atoms with Crippen molar-refractivity contribution < 1.29 is 33.7 Å². The number of carbonyl (C=O) groups excluding carboxylic acids is 2. The van der Waals surface area contributed by atoms with Crippen LogP contribution in [0.2, 0.25) is 0 Å². The van der Waals surface area contributed by atoms with Gasteiger partial charge in [0.25, 0.3) is 5.91 Å². The number of ether oxygens (including phenoxy) is 3. The van der Waals surface area contributed by atoms with Crippen LogP contribution in [0.4, 0.5) is 0 Å². The van der Waals surface area contributed by atoms with Crippen molar-refractivity contribution >= 4 is 17.7 Å². The molecule has 2 N–H and O–H groups in total. The van der Waals surface area contributed by atoms with Crippen LogP contribution in [0.15, 0.2) is 66.7 Å². The molecule has 3 aromatic rings. The molecule has 0 bridgehead atoms. The molecule has 1 heterocycles. The highest BCUT2D eigenvalue weighted by Gasteiger charge is 2.26. The molecular weight excluding hydrogens is 474 g/mol. The number of hydrogen-bond donors (Lipinski definition) is 2. The van der Waals surface area contributed by atoms with Crippen molar-refractivity contribution in [3.63, 3.8) is 0 Å². The van der Waals surface area contributed by atoms with Crippen LogP contribution in [0, 0.1) is 0 Å². The fourth-order valence-corrected chi connectivity index (χ4v) is 3.86. The van der Waals surface area contributed by atoms with E-state index < -0.39 is 18.2 Å². The number of ketones is 1. The molecule has 0 aromatic heterocycles. The Balaban J connectivity index is 1.27. The lowest BCUT2D eigenvalue weighted by Crippen LogP contribution is -2.33. The van der Waals surface area contributed by atoms with E-state index in [4.69, 9.17) is 14.2 Å². The van der Waals surface area contributed by atoms with Gasteiger partial charge in [0.05, 0.1) is 18.7 Å². The number of fused-ring (bicyclic) bond motifs is 1. The number of carboxylic acids is 1. The maximum absolute atomic E-state index is 12.5. The maximum Gasteiger partial charge on any atom is 0.336 e. The van der Waals surface area contributed by atoms with E-state index in [1.807, 2.05) is 24.3 Å². The van der Waals surface area contributed by atoms with E-state index >= 15 is 0 Å². The van der Waals surface area contributed by atoms with E-state index in [1.54, 1.807) is 36.4 Å². The molecule has 3 aromatic carbocycles. The first kappa shape index (κ1) is 25.9. The SMILES string of the molecule is CC(C)(C)c1ccc(OCC(=O)NCC(=O)c2ccc(C3OCc4c(cccc4C(=O)O)O3)cc2)cc1. The number of nitrogens with one attached hydrogen (secondary N) is 1. The Labute approximate surface area is 215 Å². The molecule has 1 aliphatic heterocycles. The Morgan fingerprint density at radius 1 is 1.00 bits per heavy atom. The highest BCUT2D eigenvalue weighted by atomic mass is 16.7. The Hall–Kier alpha value is -4.17. The molecule has 0 fully saturated rings. The minimum Gasteiger partial charge on any atom is -0.484 e. The summed E-state index contributed by atoms with van der Waals surface area (Å²) in [5.41, 5.74) is 2.93. The molecule has 0 radical (unpaired) electrons. The first-order chi connectivity index (χ1) is 17.6. The minimum atomic E-state index is -1.04. The van der Waals surface area contributed by atoms with Crippen molar-refractivity contribution in [1.82, 2.24) is 5.32 Å². The first-order valence-electron chi connectivity index (χ1n) is 11.9. The topological polar surface area (TPSA) is 111 Å². The number of benzene rings is 3. The van der Waals surface area contributed by atoms with Gasteiger partial charge >= 0.3 is 5.97 Å². The largest absolute Gasteiger partial charge is 0.484 e. The van der Waals surface area contributed by atoms with E-state index in [-0.39, 0.29) is 36.5 Å². The van der Waals surface area contributed by atoms with E-state index in [2.05, 4.69) is 26.1 Å². The average Bonchev–Trinajstić information content (AvgIpc) is 2.89. The molecule has 1 atom stereocenters. The van der Waals surface area contributed by atoms with Gasteiger partial charge in [0.15, 0.2) is 12.4 Å². The molecule has 8 nitrogen and oxygen atoms in total. The van der Waals surface area contributed by atoms with Crippen LogP contribution < -0.4 is 14.8 Å². The molecule has 1 amide bonds. The fraction of sp³-hybridized carbons (Fsp3) is 0.276. The second kappa shape index (κ2) is 10.8. The van der Waals surface area contributed by atoms with Gasteiger partial charge in [-0.05, 0) is 35.2 Å². The van der Waals surface area contributed by atoms with Crippen molar-refractivity contribution in [2.45, 2.75) is 39.1 Å². The number of carbonyl (C=O) groups is 3. The predicted octanol–water partition coefficient (Wildman–Crippen LogP) is 4.67. The summed E-state index contributed by atoms with van der Waals surface area (Å²) in [6.45, 7) is 6.11. The van der Waals surface area contributed by atoms with Crippen LogP contribution in [-0.2, 0) is 21.6 Å². The van der Waals surface area contributed by atoms with Crippen molar-refractivity contribution in [2.75, 3.05) is 13.2 Å². The summed E-state index contributed by atoms with van der Waals surface area (Å²) < 4.78 is 17.1. The van der Waals surface area contributed by atoms with Crippen LogP contribution in [0.5, 0.6) is 11.5 Å². The van der Waals surface area contributed by atoms with E-state index in [1.165, 1.54) is 11.6 Å². The highest BCUT2D eigenvalue weighted by Crippen LogP contribution is 2.35. The zero-order valence-electron chi connectivity index (χ0n) is 20.9. The van der Waals surface area contributed by atoms with E-state index in [0.29, 0.717) is 28.2 Å². The molecule has 0 aliphatic carbocycles. The summed E-state index contributed by atoms with van der Waals surface area (Å²) in [6, 6.07) is 19.1. The summed E-state index contributed by atoms with van der Waals surface area (Å²) in [7, 11) is 0. The standard InChI is InChI=1S/C29H29NO7/c1-29(2,3)20-11-13-21(14-12-20)35-17-26(32)30-15-24(31)18-7-9-19(10-8-18)28-36-16-23-22(27(33)34)5-4-6-25(23)37-28/h4-14,28H,15-17H2,1-3H3,(H,30,32)(H,33,34). The third-order valence-electron chi connectivity index (χ3n) is 6.02. The van der Waals surface area contributed by atoms with Crippen molar-refractivity contribution in [3.8, 4) is 11.5 Å². The van der Waals surface area contributed by atoms with Gasteiger partial charge in [-0.25, -0.2) is 4.79 Å². The minimum absolute atomic E-state index is 0.0301. The summed E-state index contributed by atoms with van der Waals surface area (Å²) in [5, 5.41) is 11.9. The van der Waals surface area contributed by atoms with Crippen LogP contribution in [0.25, 0.3) is 0 Å². The highest BCUT2D eigenvalue weighted by molar-refractivity contribution is 5.99. The number of aromatic carboxylic acids is 1. The van der Waals surface area contributed by atoms with Gasteiger partial charge in [0.1, 0.15) is 11.5 Å². The summed E-state index contributed by atoms with van der Waals surface area (Å²) >= 11 is 0. The van der Waals surface area contributed by atoms with Crippen LogP contribution in [-0.4, -0.2) is 35.9 Å². The summed E-state index contributed by atoms with van der Waals surface area (Å²) in [5.74, 6) is -0.659. The number of hydrogen-bond acceptors (Lipinski definition) is 6. The van der Waals surface area contributed by atoms with E-state index in [9.17, 15) is 19.5 Å². The van der Waals surface area contributed by atoms with Crippen molar-refractivity contribution in [2.24, 2.45) is 0 Å². The molecule has 192 valence electrons. The summed E-state index contributed by atoms with van der Waals surface area (Å²) in [6.07, 6.45) is -0.727. The predicted molar refractivity (Wildman–Crippen MR) is 136 cm³/mol. The number of carboxylic acid groups (broad SMARTS) is 1. The molecule has 0 saturated carbocycles. The Morgan fingerprint density at radius 3 is 2.35 bits per heavy atom. The molecule has 37 heavy (non-hydrogen) atoms. The monoisotopic (exact) mass is 503 g/mol. The van der Waals surface area contributed by atoms with E-state index in [0.717, 1.165) is 0 Å². The molecule has 1 aliphatic rings. The Kier molecular flexibility index (Phi) is 7.59. The lowest BCUT2D eigenvalue weighted by atomic mass is 9.87. The lowest BCUT2D eigenvalue weighted by Gasteiger charge is -2.27. The molecule has 1 unspecified atom stereocenters. The third-order valence-corrected chi connectivity index (χ3v) is 6.02. The van der Waals surface area contributed by atoms with Gasteiger partial charge in [-0.2, -0.15) is 0 Å². The second-order valence-electron chi connectivity index (χ2n) is 9.73. The van der Waals surface area contributed by atoms with Gasteiger partial charge in [0, 0.05) is 16.7 Å². The zero-order valence-corrected chi connectivity index (χ0v) is 20.9. The Morgan fingerprint density at radius 2 is 1.70 bits per heavy atom. The normalized spacial score (nSPS) is 14.7. The maximum atomic E-state index is 12.5. The third kappa shape index (κ3) is 6.34. The number of Topliss-reactive ketones (excluding diaryl/α,β-unsaturated/α-hetero) is 1. The molecule has 0 spiro atoms. The quantitative estimate of drug-likeness (QED) is 0.430. The van der Waals surface area contributed by atoms with Crippen molar-refractivity contribution in [1.29, 1.82) is 0 Å². The first-order valence-corrected chi connectivity index (χ1v) is 11.9. The number of amides is 1. The fourth-order valence-electron chi connectivity index (χ4n) is 3.86. The second-order valence-corrected chi connectivity index (χ2v) is 9.73. The van der Waals surface area contributed by atoms with Crippen LogP contribution in [0.3, 0.4) is 0 Å². The van der Waals surface area contributed by atoms with Crippen molar-refractivity contribution in [3.05, 3.63) is 94.5 Å². The molecule has 0 saturated heterocycles. The molecular formula is C29H29NO7. The summed E-state index contributed by atoms with van der Waals surface area (Å²) in [4.78, 5) is 36.1. The van der Waals surface area contributed by atoms with Gasteiger partial charge in [-0.1, -0.05) is 63.2 Å². The molecule has 8 heteroatoms. The smallest absolute Gasteiger partial charge is 0.336 e. The van der Waals surface area contributed by atoms with Crippen LogP contribution >= 0.6 is 0 Å². The van der Waals surface area contributed by atoms with Gasteiger partial charge in [-0.3, -0.25) is 9.59 Å². The van der Waals surface area contributed by atoms with Gasteiger partial charge < -0.3 is 24.6 Å². The number of rotatable bonds is 8. The zero-order chi connectivity index (χ0) is 26.6. The van der Waals surface area contributed by atoms with Crippen LogP contribution in [0.1, 0.15) is 64.5 Å².